The molecule has 0 bridgehead atoms. The lowest BCUT2D eigenvalue weighted by Crippen LogP contribution is -2.37. The molecule has 1 unspecified atom stereocenters. The number of hydrogen-bond donors (Lipinski definition) is 2. The molecule has 1 aliphatic heterocycles. The maximum absolute atomic E-state index is 11.7. The minimum atomic E-state index is -0.486. The molecule has 0 aromatic heterocycles. The van der Waals surface area contributed by atoms with Crippen LogP contribution in [0.15, 0.2) is 35.9 Å². The summed E-state index contributed by atoms with van der Waals surface area (Å²) < 4.78 is 5.32. The first-order chi connectivity index (χ1) is 11.0. The van der Waals surface area contributed by atoms with Crippen LogP contribution in [0.2, 0.25) is 0 Å². The number of aliphatic hydroxyl groups excluding tert-OH is 1. The second kappa shape index (κ2) is 8.82. The average molecular weight is 318 g/mol. The fourth-order valence-corrected chi connectivity index (χ4v) is 2.53. The van der Waals surface area contributed by atoms with E-state index in [1.165, 1.54) is 0 Å². The first kappa shape index (κ1) is 17.7. The molecule has 0 saturated carbocycles. The highest BCUT2D eigenvalue weighted by Crippen LogP contribution is 2.19. The van der Waals surface area contributed by atoms with Gasteiger partial charge in [0.05, 0.1) is 19.3 Å². The number of ether oxygens (including phenoxy) is 1. The summed E-state index contributed by atoms with van der Waals surface area (Å²) >= 11 is 0. The molecule has 1 amide bonds. The lowest BCUT2D eigenvalue weighted by atomic mass is 10.1. The third-order valence-electron chi connectivity index (χ3n) is 3.81. The fraction of sp³-hybridized carbons (Fsp3) is 0.500. The van der Waals surface area contributed by atoms with Crippen molar-refractivity contribution in [3.63, 3.8) is 0 Å². The monoisotopic (exact) mass is 318 g/mol. The molecule has 2 N–H and O–H groups in total. The topological polar surface area (TPSA) is 61.8 Å². The van der Waals surface area contributed by atoms with Gasteiger partial charge in [-0.3, -0.25) is 9.69 Å². The molecule has 1 atom stereocenters. The molecule has 23 heavy (non-hydrogen) atoms. The normalized spacial score (nSPS) is 16.7. The van der Waals surface area contributed by atoms with Crippen molar-refractivity contribution in [2.24, 2.45) is 0 Å². The minimum Gasteiger partial charge on any atom is -0.388 e. The molecule has 126 valence electrons. The molecule has 1 saturated heterocycles. The van der Waals surface area contributed by atoms with E-state index in [0.29, 0.717) is 6.42 Å². The molecule has 5 nitrogen and oxygen atoms in total. The smallest absolute Gasteiger partial charge is 0.248 e. The molecular formula is C18H26N2O3. The van der Waals surface area contributed by atoms with E-state index >= 15 is 0 Å². The molecule has 1 fully saturated rings. The molecule has 5 heteroatoms. The standard InChI is InChI=1S/C18H26N2O3/c1-14(2)13-18(22)19-16-5-3-15(4-6-16)17(21)7-8-20-9-11-23-12-10-20/h3-6,13,17,21H,7-12H2,1-2H3,(H,19,22). The molecule has 0 spiro atoms. The number of morpholine rings is 1. The van der Waals surface area contributed by atoms with Crippen LogP contribution in [0.1, 0.15) is 31.9 Å². The van der Waals surface area contributed by atoms with Crippen LogP contribution in [0.25, 0.3) is 0 Å². The van der Waals surface area contributed by atoms with E-state index in [9.17, 15) is 9.90 Å². The highest BCUT2D eigenvalue weighted by Gasteiger charge is 2.13. The zero-order chi connectivity index (χ0) is 16.7. The van der Waals surface area contributed by atoms with Gasteiger partial charge in [0.1, 0.15) is 0 Å². The zero-order valence-electron chi connectivity index (χ0n) is 13.9. The average Bonchev–Trinajstić information content (AvgIpc) is 2.53. The Balaban J connectivity index is 1.83. The highest BCUT2D eigenvalue weighted by molar-refractivity contribution is 5.99. The number of carbonyl (C=O) groups is 1. The van der Waals surface area contributed by atoms with Crippen LogP contribution in [0, 0.1) is 0 Å². The molecule has 1 heterocycles. The number of hydrogen-bond acceptors (Lipinski definition) is 4. The predicted molar refractivity (Wildman–Crippen MR) is 91.3 cm³/mol. The van der Waals surface area contributed by atoms with E-state index < -0.39 is 6.10 Å². The molecular weight excluding hydrogens is 292 g/mol. The van der Waals surface area contributed by atoms with Gasteiger partial charge < -0.3 is 15.2 Å². The van der Waals surface area contributed by atoms with Gasteiger partial charge in [0.25, 0.3) is 0 Å². The second-order valence-electron chi connectivity index (χ2n) is 6.09. The fourth-order valence-electron chi connectivity index (χ4n) is 2.53. The summed E-state index contributed by atoms with van der Waals surface area (Å²) in [6.07, 6.45) is 1.77. The van der Waals surface area contributed by atoms with E-state index in [4.69, 9.17) is 4.74 Å². The number of nitrogens with zero attached hydrogens (tertiary/aromatic N) is 1. The van der Waals surface area contributed by atoms with Crippen molar-refractivity contribution in [3.8, 4) is 0 Å². The Morgan fingerprint density at radius 3 is 2.57 bits per heavy atom. The van der Waals surface area contributed by atoms with Gasteiger partial charge in [-0.2, -0.15) is 0 Å². The van der Waals surface area contributed by atoms with Crippen molar-refractivity contribution >= 4 is 11.6 Å². The van der Waals surface area contributed by atoms with Crippen molar-refractivity contribution < 1.29 is 14.6 Å². The highest BCUT2D eigenvalue weighted by atomic mass is 16.5. The lowest BCUT2D eigenvalue weighted by Gasteiger charge is -2.27. The number of benzene rings is 1. The number of allylic oxidation sites excluding steroid dienone is 1. The van der Waals surface area contributed by atoms with Crippen LogP contribution in [0.4, 0.5) is 5.69 Å². The number of amides is 1. The van der Waals surface area contributed by atoms with Crippen molar-refractivity contribution in [1.82, 2.24) is 4.90 Å². The van der Waals surface area contributed by atoms with E-state index in [2.05, 4.69) is 10.2 Å². The predicted octanol–water partition coefficient (Wildman–Crippen LogP) is 2.35. The van der Waals surface area contributed by atoms with Crippen LogP contribution in [-0.4, -0.2) is 48.8 Å². The molecule has 0 radical (unpaired) electrons. The summed E-state index contributed by atoms with van der Waals surface area (Å²) in [5, 5.41) is 13.1. The number of rotatable bonds is 6. The molecule has 1 aromatic rings. The summed E-state index contributed by atoms with van der Waals surface area (Å²) in [6.45, 7) is 8.04. The maximum Gasteiger partial charge on any atom is 0.248 e. The van der Waals surface area contributed by atoms with Gasteiger partial charge >= 0.3 is 0 Å². The van der Waals surface area contributed by atoms with Crippen LogP contribution >= 0.6 is 0 Å². The van der Waals surface area contributed by atoms with Crippen molar-refractivity contribution in [1.29, 1.82) is 0 Å². The van der Waals surface area contributed by atoms with Gasteiger partial charge in [-0.1, -0.05) is 17.7 Å². The first-order valence-electron chi connectivity index (χ1n) is 8.08. The zero-order valence-corrected chi connectivity index (χ0v) is 13.9. The van der Waals surface area contributed by atoms with Gasteiger partial charge in [0.2, 0.25) is 5.91 Å². The first-order valence-corrected chi connectivity index (χ1v) is 8.08. The van der Waals surface area contributed by atoms with Crippen LogP contribution in [0.5, 0.6) is 0 Å². The molecule has 2 rings (SSSR count). The van der Waals surface area contributed by atoms with Crippen molar-refractivity contribution in [2.75, 3.05) is 38.2 Å². The van der Waals surface area contributed by atoms with Gasteiger partial charge in [-0.25, -0.2) is 0 Å². The number of carbonyl (C=O) groups excluding carboxylic acids is 1. The van der Waals surface area contributed by atoms with Crippen LogP contribution in [-0.2, 0) is 9.53 Å². The minimum absolute atomic E-state index is 0.134. The number of nitrogens with one attached hydrogen (secondary N) is 1. The Bertz CT molecular complexity index is 530. The summed E-state index contributed by atoms with van der Waals surface area (Å²) in [5.41, 5.74) is 2.56. The van der Waals surface area contributed by atoms with Gasteiger partial charge in [0.15, 0.2) is 0 Å². The Morgan fingerprint density at radius 1 is 1.30 bits per heavy atom. The maximum atomic E-state index is 11.7. The largest absolute Gasteiger partial charge is 0.388 e. The summed E-state index contributed by atoms with van der Waals surface area (Å²) in [7, 11) is 0. The van der Waals surface area contributed by atoms with Gasteiger partial charge in [-0.05, 0) is 38.0 Å². The SMILES string of the molecule is CC(C)=CC(=O)Nc1ccc(C(O)CCN2CCOCC2)cc1. The van der Waals surface area contributed by atoms with Crippen LogP contribution < -0.4 is 5.32 Å². The van der Waals surface area contributed by atoms with E-state index in [-0.39, 0.29) is 5.91 Å². The Kier molecular flexibility index (Phi) is 6.77. The third-order valence-corrected chi connectivity index (χ3v) is 3.81. The lowest BCUT2D eigenvalue weighted by molar-refractivity contribution is -0.111. The van der Waals surface area contributed by atoms with Crippen molar-refractivity contribution in [3.05, 3.63) is 41.5 Å². The van der Waals surface area contributed by atoms with Crippen molar-refractivity contribution in [2.45, 2.75) is 26.4 Å². The molecule has 1 aliphatic rings. The summed E-state index contributed by atoms with van der Waals surface area (Å²) in [5.74, 6) is -0.134. The van der Waals surface area contributed by atoms with E-state index in [1.54, 1.807) is 6.08 Å². The number of anilines is 1. The number of aliphatic hydroxyl groups is 1. The Morgan fingerprint density at radius 2 is 1.96 bits per heavy atom. The third kappa shape index (κ3) is 6.14. The van der Waals surface area contributed by atoms with E-state index in [1.807, 2.05) is 38.1 Å². The summed E-state index contributed by atoms with van der Waals surface area (Å²) in [6, 6.07) is 7.37. The molecule has 0 aliphatic carbocycles. The quantitative estimate of drug-likeness (QED) is 0.791. The summed E-state index contributed by atoms with van der Waals surface area (Å²) in [4.78, 5) is 14.0. The van der Waals surface area contributed by atoms with Crippen LogP contribution in [0.3, 0.4) is 0 Å². The Hall–Kier alpha value is -1.69. The second-order valence-corrected chi connectivity index (χ2v) is 6.09. The van der Waals surface area contributed by atoms with Gasteiger partial charge in [0, 0.05) is 31.4 Å². The van der Waals surface area contributed by atoms with E-state index in [0.717, 1.165) is 49.7 Å². The molecule has 1 aromatic carbocycles. The van der Waals surface area contributed by atoms with Gasteiger partial charge in [-0.15, -0.1) is 0 Å². The Labute approximate surface area is 137 Å².